The number of rotatable bonds is 6. The Bertz CT molecular complexity index is 393. The zero-order valence-electron chi connectivity index (χ0n) is 16.3. The van der Waals surface area contributed by atoms with Gasteiger partial charge in [0.05, 0.1) is 12.1 Å². The molecule has 0 unspecified atom stereocenters. The summed E-state index contributed by atoms with van der Waals surface area (Å²) < 4.78 is 11.3. The fraction of sp³-hybridized carbons (Fsp3) is 0.944. The topological polar surface area (TPSA) is 58.1 Å². The first-order chi connectivity index (χ1) is 11.6. The molecule has 0 spiro atoms. The fourth-order valence-corrected chi connectivity index (χ4v) is 3.47. The second kappa shape index (κ2) is 11.6. The van der Waals surface area contributed by atoms with Crippen LogP contribution < -0.4 is 10.6 Å². The summed E-state index contributed by atoms with van der Waals surface area (Å²) >= 11 is 0. The molecule has 2 rings (SSSR count). The summed E-state index contributed by atoms with van der Waals surface area (Å²) in [5.74, 6) is 0.920. The molecule has 2 heterocycles. The summed E-state index contributed by atoms with van der Waals surface area (Å²) in [6.45, 7) is 12.1. The van der Waals surface area contributed by atoms with Gasteiger partial charge in [-0.05, 0) is 33.6 Å². The minimum Gasteiger partial charge on any atom is -0.381 e. The van der Waals surface area contributed by atoms with Crippen LogP contribution in [0.25, 0.3) is 0 Å². The van der Waals surface area contributed by atoms with E-state index in [1.807, 2.05) is 0 Å². The van der Waals surface area contributed by atoms with E-state index < -0.39 is 0 Å². The molecule has 0 radical (unpaired) electrons. The maximum atomic E-state index is 5.79. The van der Waals surface area contributed by atoms with E-state index in [9.17, 15) is 0 Å². The van der Waals surface area contributed by atoms with Crippen LogP contribution in [-0.2, 0) is 9.47 Å². The molecular formula is C18H37IN4O2. The molecule has 0 saturated carbocycles. The molecule has 0 atom stereocenters. The van der Waals surface area contributed by atoms with Gasteiger partial charge in [-0.1, -0.05) is 0 Å². The van der Waals surface area contributed by atoms with Gasteiger partial charge in [0.1, 0.15) is 0 Å². The maximum Gasteiger partial charge on any atom is 0.191 e. The van der Waals surface area contributed by atoms with Gasteiger partial charge in [-0.3, -0.25) is 4.99 Å². The maximum absolute atomic E-state index is 5.79. The van der Waals surface area contributed by atoms with Crippen LogP contribution in [0.4, 0.5) is 0 Å². The molecule has 0 aromatic carbocycles. The van der Waals surface area contributed by atoms with E-state index in [2.05, 4.69) is 36.3 Å². The number of nitrogens with one attached hydrogen (secondary N) is 2. The zero-order valence-corrected chi connectivity index (χ0v) is 18.7. The molecule has 148 valence electrons. The number of piperidine rings is 1. The van der Waals surface area contributed by atoms with Crippen LogP contribution in [0.1, 0.15) is 46.5 Å². The number of ether oxygens (including phenoxy) is 2. The summed E-state index contributed by atoms with van der Waals surface area (Å²) in [7, 11) is 1.79. The standard InChI is InChI=1S/C18H36N4O2.HI/c1-5-19-17(20-14-18(23-4)8-12-24-13-9-18)21-16-6-10-22(11-7-16)15(2)3;/h15-16H,5-14H2,1-4H3,(H2,19,20,21);1H. The van der Waals surface area contributed by atoms with Crippen LogP contribution >= 0.6 is 24.0 Å². The van der Waals surface area contributed by atoms with E-state index in [0.29, 0.717) is 18.6 Å². The number of nitrogens with zero attached hydrogens (tertiary/aromatic N) is 2. The van der Waals surface area contributed by atoms with Crippen molar-refractivity contribution in [1.29, 1.82) is 0 Å². The molecule has 2 N–H and O–H groups in total. The minimum atomic E-state index is -0.165. The lowest BCUT2D eigenvalue weighted by Crippen LogP contribution is -2.50. The SMILES string of the molecule is CCNC(=NCC1(OC)CCOCC1)NC1CCN(C(C)C)CC1.I. The Morgan fingerprint density at radius 2 is 1.92 bits per heavy atom. The molecule has 2 aliphatic heterocycles. The summed E-state index contributed by atoms with van der Waals surface area (Å²) in [4.78, 5) is 7.37. The number of hydrogen-bond acceptors (Lipinski definition) is 4. The van der Waals surface area contributed by atoms with Crippen LogP contribution in [0.3, 0.4) is 0 Å². The third kappa shape index (κ3) is 7.19. The quantitative estimate of drug-likeness (QED) is 0.356. The van der Waals surface area contributed by atoms with Crippen LogP contribution in [0.2, 0.25) is 0 Å². The molecule has 25 heavy (non-hydrogen) atoms. The predicted molar refractivity (Wildman–Crippen MR) is 114 cm³/mol. The lowest BCUT2D eigenvalue weighted by Gasteiger charge is -2.36. The van der Waals surface area contributed by atoms with Crippen LogP contribution in [-0.4, -0.2) is 75.0 Å². The number of guanidine groups is 1. The average molecular weight is 468 g/mol. The highest BCUT2D eigenvalue weighted by atomic mass is 127. The Labute approximate surface area is 170 Å². The van der Waals surface area contributed by atoms with Crippen molar-refractivity contribution in [1.82, 2.24) is 15.5 Å². The Balaban J connectivity index is 0.00000312. The zero-order chi connectivity index (χ0) is 17.4. The monoisotopic (exact) mass is 468 g/mol. The molecule has 0 aliphatic carbocycles. The van der Waals surface area contributed by atoms with Gasteiger partial charge >= 0.3 is 0 Å². The van der Waals surface area contributed by atoms with E-state index in [1.54, 1.807) is 7.11 Å². The van der Waals surface area contributed by atoms with E-state index in [0.717, 1.165) is 51.6 Å². The van der Waals surface area contributed by atoms with Gasteiger partial charge in [0, 0.05) is 64.9 Å². The predicted octanol–water partition coefficient (Wildman–Crippen LogP) is 2.23. The highest BCUT2D eigenvalue weighted by Gasteiger charge is 2.32. The molecule has 6 nitrogen and oxygen atoms in total. The Morgan fingerprint density at radius 3 is 2.44 bits per heavy atom. The lowest BCUT2D eigenvalue weighted by atomic mass is 9.94. The molecule has 7 heteroatoms. The lowest BCUT2D eigenvalue weighted by molar-refractivity contribution is -0.0828. The van der Waals surface area contributed by atoms with Gasteiger partial charge in [0.2, 0.25) is 0 Å². The number of halogens is 1. The van der Waals surface area contributed by atoms with Gasteiger partial charge in [-0.2, -0.15) is 0 Å². The molecule has 2 saturated heterocycles. The average Bonchev–Trinajstić information content (AvgIpc) is 2.61. The van der Waals surface area contributed by atoms with Crippen molar-refractivity contribution in [3.63, 3.8) is 0 Å². The molecule has 0 bridgehead atoms. The number of likely N-dealkylation sites (tertiary alicyclic amines) is 1. The second-order valence-electron chi connectivity index (χ2n) is 7.24. The van der Waals surface area contributed by atoms with Gasteiger partial charge in [-0.25, -0.2) is 0 Å². The second-order valence-corrected chi connectivity index (χ2v) is 7.24. The largest absolute Gasteiger partial charge is 0.381 e. The normalized spacial score (nSPS) is 22.5. The van der Waals surface area contributed by atoms with E-state index in [4.69, 9.17) is 14.5 Å². The highest BCUT2D eigenvalue weighted by Crippen LogP contribution is 2.24. The van der Waals surface area contributed by atoms with Crippen molar-refractivity contribution >= 4 is 29.9 Å². The molecule has 0 aromatic heterocycles. The molecule has 0 aromatic rings. The van der Waals surface area contributed by atoms with Gasteiger partial charge in [-0.15, -0.1) is 24.0 Å². The van der Waals surface area contributed by atoms with Gasteiger partial charge < -0.3 is 25.0 Å². The van der Waals surface area contributed by atoms with Gasteiger partial charge in [0.25, 0.3) is 0 Å². The Kier molecular flexibility index (Phi) is 10.6. The number of methoxy groups -OCH3 is 1. The minimum absolute atomic E-state index is 0. The third-order valence-corrected chi connectivity index (χ3v) is 5.31. The van der Waals surface area contributed by atoms with Crippen LogP contribution in [0, 0.1) is 0 Å². The summed E-state index contributed by atoms with van der Waals surface area (Å²) in [6.07, 6.45) is 4.18. The van der Waals surface area contributed by atoms with Crippen molar-refractivity contribution in [2.45, 2.75) is 64.1 Å². The smallest absolute Gasteiger partial charge is 0.191 e. The van der Waals surface area contributed by atoms with E-state index in [-0.39, 0.29) is 29.6 Å². The molecular weight excluding hydrogens is 431 g/mol. The summed E-state index contributed by atoms with van der Waals surface area (Å²) in [5.41, 5.74) is -0.165. The first kappa shape index (κ1) is 22.9. The molecule has 2 aliphatic rings. The van der Waals surface area contributed by atoms with Crippen molar-refractivity contribution in [3.8, 4) is 0 Å². The van der Waals surface area contributed by atoms with Crippen molar-refractivity contribution in [2.24, 2.45) is 4.99 Å². The van der Waals surface area contributed by atoms with Crippen molar-refractivity contribution in [3.05, 3.63) is 0 Å². The van der Waals surface area contributed by atoms with Crippen molar-refractivity contribution < 1.29 is 9.47 Å². The molecule has 2 fully saturated rings. The number of hydrogen-bond donors (Lipinski definition) is 2. The van der Waals surface area contributed by atoms with Gasteiger partial charge in [0.15, 0.2) is 5.96 Å². The first-order valence-corrected chi connectivity index (χ1v) is 9.50. The first-order valence-electron chi connectivity index (χ1n) is 9.50. The highest BCUT2D eigenvalue weighted by molar-refractivity contribution is 14.0. The van der Waals surface area contributed by atoms with E-state index >= 15 is 0 Å². The van der Waals surface area contributed by atoms with Crippen LogP contribution in [0.15, 0.2) is 4.99 Å². The number of aliphatic imine (C=N–C) groups is 1. The van der Waals surface area contributed by atoms with Crippen LogP contribution in [0.5, 0.6) is 0 Å². The summed E-state index contributed by atoms with van der Waals surface area (Å²) in [6, 6.07) is 1.15. The Morgan fingerprint density at radius 1 is 1.28 bits per heavy atom. The Hall–Kier alpha value is -0.120. The fourth-order valence-electron chi connectivity index (χ4n) is 3.47. The third-order valence-electron chi connectivity index (χ3n) is 5.31. The van der Waals surface area contributed by atoms with E-state index in [1.165, 1.54) is 12.8 Å². The van der Waals surface area contributed by atoms with Crippen molar-refractivity contribution in [2.75, 3.05) is 46.5 Å². The summed E-state index contributed by atoms with van der Waals surface area (Å²) in [5, 5.41) is 7.01. The molecule has 0 amide bonds.